The van der Waals surface area contributed by atoms with Gasteiger partial charge in [0.2, 0.25) is 0 Å². The van der Waals surface area contributed by atoms with Crippen LogP contribution < -0.4 is 10.2 Å². The molecule has 1 rings (SSSR count). The molecule has 0 aliphatic rings. The maximum Gasteiger partial charge on any atom is 0.274 e. The minimum absolute atomic E-state index is 0.248. The fourth-order valence-electron chi connectivity index (χ4n) is 1.16. The van der Waals surface area contributed by atoms with Crippen LogP contribution in [-0.4, -0.2) is 19.1 Å². The highest BCUT2D eigenvalue weighted by atomic mass is 16.6. The Hall–Kier alpha value is -1.55. The van der Waals surface area contributed by atoms with Crippen molar-refractivity contribution in [2.75, 3.05) is 13.2 Å². The Balaban J connectivity index is 2.52. The van der Waals surface area contributed by atoms with Crippen molar-refractivity contribution in [3.05, 3.63) is 29.8 Å². The lowest BCUT2D eigenvalue weighted by molar-refractivity contribution is 0.0364. The van der Waals surface area contributed by atoms with Crippen LogP contribution in [0.1, 0.15) is 31.1 Å². The van der Waals surface area contributed by atoms with Crippen molar-refractivity contribution in [3.8, 4) is 5.75 Å². The summed E-state index contributed by atoms with van der Waals surface area (Å²) < 4.78 is 5.52. The molecule has 0 aliphatic carbocycles. The predicted octanol–water partition coefficient (Wildman–Crippen LogP) is 2.40. The summed E-state index contributed by atoms with van der Waals surface area (Å²) in [7, 11) is 0. The van der Waals surface area contributed by atoms with E-state index in [0.717, 1.165) is 5.75 Å². The monoisotopic (exact) mass is 237 g/mol. The zero-order valence-corrected chi connectivity index (χ0v) is 10.5. The van der Waals surface area contributed by atoms with Crippen LogP contribution in [0.15, 0.2) is 24.3 Å². The second-order valence-electron chi connectivity index (χ2n) is 4.09. The maximum atomic E-state index is 11.5. The van der Waals surface area contributed by atoms with Crippen LogP contribution in [0.5, 0.6) is 5.75 Å². The van der Waals surface area contributed by atoms with Crippen LogP contribution in [-0.2, 0) is 4.84 Å². The molecule has 94 valence electrons. The van der Waals surface area contributed by atoms with Gasteiger partial charge in [0, 0.05) is 5.56 Å². The third kappa shape index (κ3) is 4.87. The molecule has 0 unspecified atom stereocenters. The van der Waals surface area contributed by atoms with Gasteiger partial charge in [0.1, 0.15) is 5.75 Å². The molecule has 1 aromatic carbocycles. The van der Waals surface area contributed by atoms with Crippen molar-refractivity contribution in [2.24, 2.45) is 5.92 Å². The van der Waals surface area contributed by atoms with E-state index in [2.05, 4.69) is 19.3 Å². The zero-order chi connectivity index (χ0) is 12.7. The number of hydroxylamine groups is 1. The Bertz CT molecular complexity index is 346. The number of rotatable bonds is 6. The zero-order valence-electron chi connectivity index (χ0n) is 10.5. The number of benzene rings is 1. The summed E-state index contributed by atoms with van der Waals surface area (Å²) in [6.07, 6.45) is 0. The summed E-state index contributed by atoms with van der Waals surface area (Å²) in [6.45, 7) is 7.10. The molecule has 0 fully saturated rings. The summed E-state index contributed by atoms with van der Waals surface area (Å²) in [5.41, 5.74) is 2.89. The standard InChI is InChI=1S/C13H19NO3/c1-4-17-14-13(15)11-5-7-12(8-6-11)16-9-10(2)3/h5-8,10H,4,9H2,1-3H3,(H,14,15). The second-order valence-corrected chi connectivity index (χ2v) is 4.09. The number of amides is 1. The molecule has 0 atom stereocenters. The average molecular weight is 237 g/mol. The van der Waals surface area contributed by atoms with E-state index in [1.165, 1.54) is 0 Å². The molecule has 1 aromatic rings. The van der Waals surface area contributed by atoms with Gasteiger partial charge in [0.25, 0.3) is 5.91 Å². The van der Waals surface area contributed by atoms with Gasteiger partial charge in [-0.1, -0.05) is 13.8 Å². The molecule has 0 heterocycles. The van der Waals surface area contributed by atoms with Crippen molar-refractivity contribution in [1.82, 2.24) is 5.48 Å². The molecule has 0 radical (unpaired) electrons. The fraction of sp³-hybridized carbons (Fsp3) is 0.462. The minimum Gasteiger partial charge on any atom is -0.493 e. The Labute approximate surface area is 102 Å². The van der Waals surface area contributed by atoms with Crippen molar-refractivity contribution < 1.29 is 14.4 Å². The molecule has 1 amide bonds. The highest BCUT2D eigenvalue weighted by molar-refractivity contribution is 5.93. The van der Waals surface area contributed by atoms with Crippen molar-refractivity contribution in [1.29, 1.82) is 0 Å². The van der Waals surface area contributed by atoms with Crippen LogP contribution in [0.25, 0.3) is 0 Å². The number of hydrogen-bond donors (Lipinski definition) is 1. The van der Waals surface area contributed by atoms with E-state index in [0.29, 0.717) is 24.7 Å². The summed E-state index contributed by atoms with van der Waals surface area (Å²) in [4.78, 5) is 16.3. The first kappa shape index (κ1) is 13.5. The van der Waals surface area contributed by atoms with Gasteiger partial charge in [-0.3, -0.25) is 9.63 Å². The molecule has 4 nitrogen and oxygen atoms in total. The first-order valence-corrected chi connectivity index (χ1v) is 5.78. The smallest absolute Gasteiger partial charge is 0.274 e. The molecule has 0 saturated carbocycles. The number of hydrogen-bond acceptors (Lipinski definition) is 3. The SMILES string of the molecule is CCONC(=O)c1ccc(OCC(C)C)cc1. The largest absolute Gasteiger partial charge is 0.493 e. The van der Waals surface area contributed by atoms with Gasteiger partial charge in [-0.15, -0.1) is 0 Å². The molecule has 0 saturated heterocycles. The summed E-state index contributed by atoms with van der Waals surface area (Å²) in [5.74, 6) is 1.00. The Morgan fingerprint density at radius 3 is 2.47 bits per heavy atom. The van der Waals surface area contributed by atoms with Crippen LogP contribution in [0.2, 0.25) is 0 Å². The average Bonchev–Trinajstić information content (AvgIpc) is 2.34. The molecule has 1 N–H and O–H groups in total. The Morgan fingerprint density at radius 2 is 1.94 bits per heavy atom. The van der Waals surface area contributed by atoms with Gasteiger partial charge in [-0.05, 0) is 37.1 Å². The summed E-state index contributed by atoms with van der Waals surface area (Å²) >= 11 is 0. The van der Waals surface area contributed by atoms with Crippen LogP contribution in [0.4, 0.5) is 0 Å². The number of carbonyl (C=O) groups is 1. The van der Waals surface area contributed by atoms with Crippen LogP contribution in [0.3, 0.4) is 0 Å². The van der Waals surface area contributed by atoms with E-state index < -0.39 is 0 Å². The van der Waals surface area contributed by atoms with Gasteiger partial charge < -0.3 is 4.74 Å². The Kier molecular flexibility index (Phi) is 5.49. The topological polar surface area (TPSA) is 47.6 Å². The van der Waals surface area contributed by atoms with Gasteiger partial charge in [-0.25, -0.2) is 5.48 Å². The summed E-state index contributed by atoms with van der Waals surface area (Å²) in [6, 6.07) is 6.99. The highest BCUT2D eigenvalue weighted by Gasteiger charge is 2.05. The number of nitrogens with one attached hydrogen (secondary N) is 1. The first-order chi connectivity index (χ1) is 8.13. The van der Waals surface area contributed by atoms with Crippen molar-refractivity contribution >= 4 is 5.91 Å². The van der Waals surface area contributed by atoms with E-state index in [4.69, 9.17) is 9.57 Å². The highest BCUT2D eigenvalue weighted by Crippen LogP contribution is 2.13. The Morgan fingerprint density at radius 1 is 1.29 bits per heavy atom. The molecule has 0 bridgehead atoms. The van der Waals surface area contributed by atoms with Gasteiger partial charge >= 0.3 is 0 Å². The molecular formula is C13H19NO3. The van der Waals surface area contributed by atoms with Crippen LogP contribution >= 0.6 is 0 Å². The minimum atomic E-state index is -0.248. The van der Waals surface area contributed by atoms with Gasteiger partial charge in [0.15, 0.2) is 0 Å². The maximum absolute atomic E-state index is 11.5. The molecule has 17 heavy (non-hydrogen) atoms. The molecule has 0 aliphatic heterocycles. The summed E-state index contributed by atoms with van der Waals surface area (Å²) in [5, 5.41) is 0. The third-order valence-corrected chi connectivity index (χ3v) is 2.01. The normalized spacial score (nSPS) is 10.4. The van der Waals surface area contributed by atoms with E-state index in [-0.39, 0.29) is 5.91 Å². The van der Waals surface area contributed by atoms with E-state index >= 15 is 0 Å². The lowest BCUT2D eigenvalue weighted by atomic mass is 10.2. The van der Waals surface area contributed by atoms with Crippen molar-refractivity contribution in [2.45, 2.75) is 20.8 Å². The third-order valence-electron chi connectivity index (χ3n) is 2.01. The van der Waals surface area contributed by atoms with Crippen LogP contribution in [0, 0.1) is 5.92 Å². The lowest BCUT2D eigenvalue weighted by Gasteiger charge is -2.09. The molecular weight excluding hydrogens is 218 g/mol. The first-order valence-electron chi connectivity index (χ1n) is 5.78. The molecule has 0 aromatic heterocycles. The van der Waals surface area contributed by atoms with Gasteiger partial charge in [-0.2, -0.15) is 0 Å². The van der Waals surface area contributed by atoms with Gasteiger partial charge in [0.05, 0.1) is 13.2 Å². The predicted molar refractivity (Wildman–Crippen MR) is 65.9 cm³/mol. The van der Waals surface area contributed by atoms with E-state index in [1.807, 2.05) is 6.92 Å². The van der Waals surface area contributed by atoms with E-state index in [1.54, 1.807) is 24.3 Å². The second kappa shape index (κ2) is 6.91. The quantitative estimate of drug-likeness (QED) is 0.773. The fourth-order valence-corrected chi connectivity index (χ4v) is 1.16. The van der Waals surface area contributed by atoms with E-state index in [9.17, 15) is 4.79 Å². The molecule has 0 spiro atoms. The molecule has 4 heteroatoms. The van der Waals surface area contributed by atoms with Crippen molar-refractivity contribution in [3.63, 3.8) is 0 Å². The number of carbonyl (C=O) groups excluding carboxylic acids is 1. The lowest BCUT2D eigenvalue weighted by Crippen LogP contribution is -2.23. The number of ether oxygens (including phenoxy) is 1.